The number of benzene rings is 1. The minimum atomic E-state index is 0.213. The lowest BCUT2D eigenvalue weighted by Crippen LogP contribution is -2.39. The van der Waals surface area contributed by atoms with Crippen LogP contribution in [0.1, 0.15) is 17.2 Å². The first kappa shape index (κ1) is 12.6. The molecule has 3 rings (SSSR count). The van der Waals surface area contributed by atoms with Crippen LogP contribution in [0.4, 0.5) is 0 Å². The molecule has 1 aromatic rings. The molecule has 4 heteroatoms. The minimum Gasteiger partial charge on any atom is -0.371 e. The molecule has 0 spiro atoms. The number of rotatable bonds is 3. The van der Waals surface area contributed by atoms with Gasteiger partial charge in [-0.3, -0.25) is 4.90 Å². The topological polar surface area (TPSA) is 12.5 Å². The Bertz CT molecular complexity index is 449. The van der Waals surface area contributed by atoms with E-state index < -0.39 is 0 Å². The van der Waals surface area contributed by atoms with E-state index in [0.29, 0.717) is 0 Å². The Morgan fingerprint density at radius 1 is 1.50 bits per heavy atom. The van der Waals surface area contributed by atoms with E-state index in [1.807, 2.05) is 17.1 Å². The van der Waals surface area contributed by atoms with Gasteiger partial charge in [0.15, 0.2) is 0 Å². The highest BCUT2D eigenvalue weighted by molar-refractivity contribution is 7.99. The summed E-state index contributed by atoms with van der Waals surface area (Å²) in [4.78, 5) is 3.81. The maximum Gasteiger partial charge on any atom is 0.0952 e. The lowest BCUT2D eigenvalue weighted by atomic mass is 10.0. The highest BCUT2D eigenvalue weighted by atomic mass is 32.2. The van der Waals surface area contributed by atoms with Crippen molar-refractivity contribution in [2.45, 2.75) is 17.4 Å². The largest absolute Gasteiger partial charge is 0.371 e. The zero-order chi connectivity index (χ0) is 12.4. The summed E-state index contributed by atoms with van der Waals surface area (Å²) in [5.74, 6) is 1.22. The van der Waals surface area contributed by atoms with Crippen LogP contribution in [0.3, 0.4) is 0 Å². The third-order valence-corrected chi connectivity index (χ3v) is 4.84. The van der Waals surface area contributed by atoms with Crippen LogP contribution in [0.25, 0.3) is 0 Å². The third kappa shape index (κ3) is 2.62. The standard InChI is InChI=1S/C14H17NOS2/c17-7-5-15-4-6-16-13(10-15)11-1-2-14-12(9-11)3-8-18-14/h1-2,7,9,13H,3-6,8,10H2. The van der Waals surface area contributed by atoms with Crippen molar-refractivity contribution >= 4 is 29.3 Å². The Morgan fingerprint density at radius 3 is 3.33 bits per heavy atom. The molecule has 0 radical (unpaired) electrons. The number of nitrogens with zero attached hydrogens (tertiary/aromatic N) is 1. The van der Waals surface area contributed by atoms with Crippen molar-refractivity contribution in [1.82, 2.24) is 4.90 Å². The van der Waals surface area contributed by atoms with Crippen LogP contribution in [0.5, 0.6) is 0 Å². The molecular weight excluding hydrogens is 262 g/mol. The van der Waals surface area contributed by atoms with E-state index in [9.17, 15) is 0 Å². The van der Waals surface area contributed by atoms with Crippen LogP contribution in [0, 0.1) is 0 Å². The van der Waals surface area contributed by atoms with Crippen LogP contribution in [0.2, 0.25) is 0 Å². The molecule has 18 heavy (non-hydrogen) atoms. The number of fused-ring (bicyclic) bond motifs is 1. The Hall–Kier alpha value is -0.420. The second-order valence-corrected chi connectivity index (χ2v) is 6.22. The summed E-state index contributed by atoms with van der Waals surface area (Å²) in [6.07, 6.45) is 1.41. The number of thiocarbonyl (C=S) groups is 1. The highest BCUT2D eigenvalue weighted by Gasteiger charge is 2.22. The second kappa shape index (κ2) is 5.70. The molecule has 1 atom stereocenters. The molecule has 2 nitrogen and oxygen atoms in total. The van der Waals surface area contributed by atoms with E-state index in [2.05, 4.69) is 23.1 Å². The Kier molecular flexibility index (Phi) is 3.99. The van der Waals surface area contributed by atoms with E-state index >= 15 is 0 Å². The minimum absolute atomic E-state index is 0.213. The van der Waals surface area contributed by atoms with Crippen LogP contribution < -0.4 is 0 Å². The lowest BCUT2D eigenvalue weighted by molar-refractivity contribution is -0.0242. The highest BCUT2D eigenvalue weighted by Crippen LogP contribution is 2.34. The molecule has 2 aliphatic heterocycles. The molecule has 0 aliphatic carbocycles. The number of thioether (sulfide) groups is 1. The van der Waals surface area contributed by atoms with Crippen molar-refractivity contribution < 1.29 is 4.74 Å². The lowest BCUT2D eigenvalue weighted by Gasteiger charge is -2.32. The third-order valence-electron chi connectivity index (χ3n) is 3.57. The molecule has 1 fully saturated rings. The molecule has 0 bridgehead atoms. The first-order chi connectivity index (χ1) is 8.86. The van der Waals surface area contributed by atoms with Crippen molar-refractivity contribution in [3.63, 3.8) is 0 Å². The van der Waals surface area contributed by atoms with Gasteiger partial charge in [0.1, 0.15) is 0 Å². The molecule has 96 valence electrons. The molecule has 0 amide bonds. The van der Waals surface area contributed by atoms with Gasteiger partial charge < -0.3 is 4.74 Å². The van der Waals surface area contributed by atoms with E-state index in [4.69, 9.17) is 17.0 Å². The van der Waals surface area contributed by atoms with Gasteiger partial charge in [0.25, 0.3) is 0 Å². The zero-order valence-corrected chi connectivity index (χ0v) is 11.9. The Morgan fingerprint density at radius 2 is 2.44 bits per heavy atom. The molecule has 0 N–H and O–H groups in total. The van der Waals surface area contributed by atoms with Crippen molar-refractivity contribution in [2.75, 3.05) is 32.0 Å². The smallest absolute Gasteiger partial charge is 0.0952 e. The zero-order valence-electron chi connectivity index (χ0n) is 10.3. The van der Waals surface area contributed by atoms with Crippen molar-refractivity contribution in [1.29, 1.82) is 0 Å². The quantitative estimate of drug-likeness (QED) is 0.788. The number of hydrogen-bond donors (Lipinski definition) is 0. The summed E-state index contributed by atoms with van der Waals surface area (Å²) in [5, 5.41) is 1.81. The summed E-state index contributed by atoms with van der Waals surface area (Å²) < 4.78 is 5.90. The number of aryl methyl sites for hydroxylation is 1. The number of morpholine rings is 1. The molecule has 0 aromatic heterocycles. The molecule has 1 saturated heterocycles. The van der Waals surface area contributed by atoms with Crippen molar-refractivity contribution in [3.8, 4) is 0 Å². The van der Waals surface area contributed by atoms with Gasteiger partial charge in [0, 0.05) is 30.3 Å². The summed E-state index contributed by atoms with van der Waals surface area (Å²) in [5.41, 5.74) is 2.82. The average molecular weight is 279 g/mol. The fourth-order valence-corrected chi connectivity index (χ4v) is 3.85. The number of hydrogen-bond acceptors (Lipinski definition) is 4. The second-order valence-electron chi connectivity index (χ2n) is 4.75. The van der Waals surface area contributed by atoms with Gasteiger partial charge in [-0.05, 0) is 29.0 Å². The average Bonchev–Trinajstić information content (AvgIpc) is 2.86. The Labute approximate surface area is 118 Å². The summed E-state index contributed by atoms with van der Waals surface area (Å²) in [7, 11) is 0. The predicted molar refractivity (Wildman–Crippen MR) is 79.7 cm³/mol. The van der Waals surface area contributed by atoms with Crippen molar-refractivity contribution in [2.24, 2.45) is 0 Å². The fraction of sp³-hybridized carbons (Fsp3) is 0.500. The number of ether oxygens (including phenoxy) is 1. The van der Waals surface area contributed by atoms with Crippen LogP contribution in [-0.2, 0) is 11.2 Å². The van der Waals surface area contributed by atoms with Gasteiger partial charge in [-0.25, -0.2) is 0 Å². The van der Waals surface area contributed by atoms with E-state index in [1.54, 1.807) is 0 Å². The molecular formula is C14H17NOS2. The first-order valence-corrected chi connectivity index (χ1v) is 7.86. The summed E-state index contributed by atoms with van der Waals surface area (Å²) >= 11 is 6.90. The van der Waals surface area contributed by atoms with Crippen LogP contribution >= 0.6 is 24.0 Å². The van der Waals surface area contributed by atoms with Crippen LogP contribution in [-0.4, -0.2) is 42.3 Å². The summed E-state index contributed by atoms with van der Waals surface area (Å²) in [6.45, 7) is 3.64. The maximum atomic E-state index is 5.90. The van der Waals surface area contributed by atoms with Gasteiger partial charge in [0.05, 0.1) is 12.7 Å². The first-order valence-electron chi connectivity index (χ1n) is 6.40. The van der Waals surface area contributed by atoms with Gasteiger partial charge >= 0.3 is 0 Å². The predicted octanol–water partition coefficient (Wildman–Crippen LogP) is 2.71. The molecule has 2 aliphatic rings. The molecule has 0 saturated carbocycles. The Balaban J connectivity index is 1.75. The van der Waals surface area contributed by atoms with Gasteiger partial charge in [-0.2, -0.15) is 0 Å². The van der Waals surface area contributed by atoms with E-state index in [1.165, 1.54) is 28.2 Å². The van der Waals surface area contributed by atoms with E-state index in [0.717, 1.165) is 26.2 Å². The molecule has 1 unspecified atom stereocenters. The van der Waals surface area contributed by atoms with Crippen LogP contribution in [0.15, 0.2) is 23.1 Å². The molecule has 2 heterocycles. The normalized spacial score (nSPS) is 23.9. The monoisotopic (exact) mass is 279 g/mol. The SMILES string of the molecule is S=CCN1CCOC(c2ccc3c(c2)CCS3)C1. The maximum absolute atomic E-state index is 5.90. The van der Waals surface area contributed by atoms with Gasteiger partial charge in [-0.15, -0.1) is 11.8 Å². The summed E-state index contributed by atoms with van der Waals surface area (Å²) in [6, 6.07) is 6.81. The van der Waals surface area contributed by atoms with Gasteiger partial charge in [-0.1, -0.05) is 24.4 Å². The van der Waals surface area contributed by atoms with Gasteiger partial charge in [0.2, 0.25) is 0 Å². The fourth-order valence-electron chi connectivity index (χ4n) is 2.58. The van der Waals surface area contributed by atoms with Crippen molar-refractivity contribution in [3.05, 3.63) is 29.3 Å². The molecule has 1 aromatic carbocycles. The van der Waals surface area contributed by atoms with E-state index in [-0.39, 0.29) is 6.10 Å².